The molecule has 4 N–H and O–H groups in total. The predicted molar refractivity (Wildman–Crippen MR) is 61.5 cm³/mol. The van der Waals surface area contributed by atoms with Gasteiger partial charge in [0, 0.05) is 6.42 Å². The monoisotopic (exact) mass is 258 g/mol. The van der Waals surface area contributed by atoms with Crippen LogP contribution in [0.4, 0.5) is 0 Å². The Morgan fingerprint density at radius 1 is 1.24 bits per heavy atom. The molecule has 0 aliphatic rings. The van der Waals surface area contributed by atoms with Crippen molar-refractivity contribution in [1.29, 1.82) is 0 Å². The molecule has 0 aliphatic carbocycles. The number of rotatable bonds is 5. The lowest BCUT2D eigenvalue weighted by Gasteiger charge is -2.04. The maximum Gasteiger partial charge on any atom is 0.319 e. The van der Waals surface area contributed by atoms with Crippen molar-refractivity contribution in [2.45, 2.75) is 11.3 Å². The molecular formula is C10H14N2O4S. The third-order valence-corrected chi connectivity index (χ3v) is 3.00. The van der Waals surface area contributed by atoms with Crippen LogP contribution in [-0.2, 0) is 26.0 Å². The van der Waals surface area contributed by atoms with Gasteiger partial charge in [-0.1, -0.05) is 12.1 Å². The van der Waals surface area contributed by atoms with Crippen molar-refractivity contribution in [1.82, 2.24) is 0 Å². The first-order valence-electron chi connectivity index (χ1n) is 4.91. The van der Waals surface area contributed by atoms with E-state index in [4.69, 9.17) is 15.6 Å². The summed E-state index contributed by atoms with van der Waals surface area (Å²) in [6.07, 6.45) is 0.497. The molecule has 0 bridgehead atoms. The predicted octanol–water partition coefficient (Wildman–Crippen LogP) is -0.622. The van der Waals surface area contributed by atoms with Crippen LogP contribution in [0, 0.1) is 0 Å². The summed E-state index contributed by atoms with van der Waals surface area (Å²) in [5.74, 6) is -0.467. The van der Waals surface area contributed by atoms with Crippen molar-refractivity contribution < 1.29 is 17.9 Å². The van der Waals surface area contributed by atoms with Gasteiger partial charge in [0.15, 0.2) is 0 Å². The van der Waals surface area contributed by atoms with Crippen molar-refractivity contribution in [3.8, 4) is 0 Å². The Bertz CT molecular complexity index is 482. The maximum absolute atomic E-state index is 11.0. The van der Waals surface area contributed by atoms with Crippen LogP contribution in [0.2, 0.25) is 0 Å². The van der Waals surface area contributed by atoms with E-state index in [0.29, 0.717) is 6.42 Å². The molecule has 0 fully saturated rings. The number of sulfonamides is 1. The second-order valence-electron chi connectivity index (χ2n) is 3.36. The highest BCUT2D eigenvalue weighted by Gasteiger charge is 2.06. The minimum Gasteiger partial charge on any atom is -0.464 e. The molecule has 6 nitrogen and oxygen atoms in total. The van der Waals surface area contributed by atoms with Crippen LogP contribution in [0.1, 0.15) is 5.56 Å². The van der Waals surface area contributed by atoms with E-state index in [1.807, 2.05) is 0 Å². The summed E-state index contributed by atoms with van der Waals surface area (Å²) in [6.45, 7) is 0.0646. The Morgan fingerprint density at radius 3 is 2.29 bits per heavy atom. The van der Waals surface area contributed by atoms with Crippen molar-refractivity contribution >= 4 is 16.0 Å². The second kappa shape index (κ2) is 5.76. The first kappa shape index (κ1) is 13.6. The molecular weight excluding hydrogens is 244 g/mol. The number of hydrogen-bond donors (Lipinski definition) is 2. The summed E-state index contributed by atoms with van der Waals surface area (Å²) in [6, 6.07) is 6.07. The SMILES string of the molecule is NCC(=O)OCCc1ccc(S(N)(=O)=O)cc1. The number of carbonyl (C=O) groups excluding carboxylic acids is 1. The average molecular weight is 258 g/mol. The van der Waals surface area contributed by atoms with Crippen molar-refractivity contribution in [3.05, 3.63) is 29.8 Å². The van der Waals surface area contributed by atoms with Crippen LogP contribution in [-0.4, -0.2) is 27.5 Å². The van der Waals surface area contributed by atoms with E-state index in [1.165, 1.54) is 12.1 Å². The summed E-state index contributed by atoms with van der Waals surface area (Å²) in [7, 11) is -3.66. The molecule has 0 spiro atoms. The standard InChI is InChI=1S/C10H14N2O4S/c11-7-10(13)16-6-5-8-1-3-9(4-2-8)17(12,14)15/h1-4H,5-7,11H2,(H2,12,14,15). The lowest BCUT2D eigenvalue weighted by atomic mass is 10.2. The van der Waals surface area contributed by atoms with Gasteiger partial charge in [-0.15, -0.1) is 0 Å². The maximum atomic E-state index is 11.0. The molecule has 0 aliphatic heterocycles. The minimum atomic E-state index is -3.66. The zero-order chi connectivity index (χ0) is 12.9. The van der Waals surface area contributed by atoms with Crippen LogP contribution in [0.3, 0.4) is 0 Å². The Balaban J connectivity index is 2.55. The number of carbonyl (C=O) groups is 1. The van der Waals surface area contributed by atoms with Gasteiger partial charge in [0.25, 0.3) is 0 Å². The van der Waals surface area contributed by atoms with E-state index in [0.717, 1.165) is 5.56 Å². The third-order valence-electron chi connectivity index (χ3n) is 2.07. The van der Waals surface area contributed by atoms with Gasteiger partial charge < -0.3 is 10.5 Å². The fourth-order valence-electron chi connectivity index (χ4n) is 1.19. The minimum absolute atomic E-state index is 0.0557. The topological polar surface area (TPSA) is 112 Å². The summed E-state index contributed by atoms with van der Waals surface area (Å²) in [5.41, 5.74) is 5.91. The zero-order valence-corrected chi connectivity index (χ0v) is 9.94. The van der Waals surface area contributed by atoms with Gasteiger partial charge in [0.2, 0.25) is 10.0 Å². The first-order chi connectivity index (χ1) is 7.93. The van der Waals surface area contributed by atoms with Gasteiger partial charge in [-0.2, -0.15) is 0 Å². The molecule has 0 saturated heterocycles. The number of benzene rings is 1. The smallest absolute Gasteiger partial charge is 0.319 e. The number of nitrogens with two attached hydrogens (primary N) is 2. The molecule has 0 unspecified atom stereocenters. The Hall–Kier alpha value is -1.44. The molecule has 0 saturated carbocycles. The fraction of sp³-hybridized carbons (Fsp3) is 0.300. The third kappa shape index (κ3) is 4.51. The molecule has 1 aromatic rings. The van der Waals surface area contributed by atoms with Crippen LogP contribution in [0.25, 0.3) is 0 Å². The highest BCUT2D eigenvalue weighted by Crippen LogP contribution is 2.09. The fourth-order valence-corrected chi connectivity index (χ4v) is 1.70. The molecule has 17 heavy (non-hydrogen) atoms. The Kier molecular flexibility index (Phi) is 4.62. The van der Waals surface area contributed by atoms with Gasteiger partial charge in [-0.05, 0) is 17.7 Å². The molecule has 7 heteroatoms. The summed E-state index contributed by atoms with van der Waals surface area (Å²) >= 11 is 0. The first-order valence-corrected chi connectivity index (χ1v) is 6.45. The lowest BCUT2D eigenvalue weighted by Crippen LogP contribution is -2.18. The van der Waals surface area contributed by atoms with Gasteiger partial charge in [0.05, 0.1) is 18.0 Å². The highest BCUT2D eigenvalue weighted by molar-refractivity contribution is 7.89. The molecule has 0 atom stereocenters. The molecule has 0 amide bonds. The molecule has 0 aromatic heterocycles. The summed E-state index contributed by atoms with van der Waals surface area (Å²) < 4.78 is 26.7. The Morgan fingerprint density at radius 2 is 1.82 bits per heavy atom. The lowest BCUT2D eigenvalue weighted by molar-refractivity contribution is -0.141. The average Bonchev–Trinajstić information content (AvgIpc) is 2.28. The van der Waals surface area contributed by atoms with E-state index in [2.05, 4.69) is 0 Å². The van der Waals surface area contributed by atoms with E-state index in [9.17, 15) is 13.2 Å². The van der Waals surface area contributed by atoms with Gasteiger partial charge in [0.1, 0.15) is 0 Å². The van der Waals surface area contributed by atoms with Crippen LogP contribution in [0.15, 0.2) is 29.2 Å². The molecule has 0 heterocycles. The summed E-state index contributed by atoms with van der Waals surface area (Å²) in [5, 5.41) is 4.95. The van der Waals surface area contributed by atoms with Crippen molar-refractivity contribution in [2.75, 3.05) is 13.2 Å². The Labute approximate surface area is 99.6 Å². The van der Waals surface area contributed by atoms with E-state index >= 15 is 0 Å². The van der Waals surface area contributed by atoms with Crippen LogP contribution < -0.4 is 10.9 Å². The van der Waals surface area contributed by atoms with Crippen molar-refractivity contribution in [3.63, 3.8) is 0 Å². The summed E-state index contributed by atoms with van der Waals surface area (Å²) in [4.78, 5) is 10.8. The van der Waals surface area contributed by atoms with Crippen LogP contribution in [0.5, 0.6) is 0 Å². The van der Waals surface area contributed by atoms with Gasteiger partial charge in [-0.25, -0.2) is 13.6 Å². The quantitative estimate of drug-likeness (QED) is 0.683. The normalized spacial score (nSPS) is 11.2. The van der Waals surface area contributed by atoms with E-state index in [1.54, 1.807) is 12.1 Å². The highest BCUT2D eigenvalue weighted by atomic mass is 32.2. The van der Waals surface area contributed by atoms with E-state index in [-0.39, 0.29) is 18.0 Å². The number of hydrogen-bond acceptors (Lipinski definition) is 5. The molecule has 1 rings (SSSR count). The van der Waals surface area contributed by atoms with Crippen LogP contribution >= 0.6 is 0 Å². The number of ether oxygens (including phenoxy) is 1. The molecule has 1 aromatic carbocycles. The largest absolute Gasteiger partial charge is 0.464 e. The molecule has 0 radical (unpaired) electrons. The molecule has 94 valence electrons. The van der Waals surface area contributed by atoms with Gasteiger partial charge in [-0.3, -0.25) is 4.79 Å². The number of primary sulfonamides is 1. The van der Waals surface area contributed by atoms with Crippen molar-refractivity contribution in [2.24, 2.45) is 10.9 Å². The number of esters is 1. The van der Waals surface area contributed by atoms with Gasteiger partial charge >= 0.3 is 5.97 Å². The second-order valence-corrected chi connectivity index (χ2v) is 4.92. The zero-order valence-electron chi connectivity index (χ0n) is 9.13. The van der Waals surface area contributed by atoms with E-state index < -0.39 is 16.0 Å².